The molecule has 0 aliphatic rings. The van der Waals surface area contributed by atoms with Crippen LogP contribution in [0.1, 0.15) is 15.4 Å². The summed E-state index contributed by atoms with van der Waals surface area (Å²) in [6.07, 6.45) is 0.939. The number of aromatic nitrogens is 2. The highest BCUT2D eigenvalue weighted by Gasteiger charge is 2.17. The summed E-state index contributed by atoms with van der Waals surface area (Å²) >= 11 is 0.959. The van der Waals surface area contributed by atoms with Crippen LogP contribution < -0.4 is 10.9 Å². The number of anilines is 1. The standard InChI is InChI=1S/C13H12FN3O4S/c1-7-11(12(20)21-2)22-13(15-7)16-9(18)6-17-5-8(14)3-4-10(17)19/h3-5H,6H2,1-2H3,(H,15,16,18). The van der Waals surface area contributed by atoms with Crippen molar-refractivity contribution in [3.05, 3.63) is 45.1 Å². The highest BCUT2D eigenvalue weighted by Crippen LogP contribution is 2.23. The van der Waals surface area contributed by atoms with Crippen molar-refractivity contribution in [2.45, 2.75) is 13.5 Å². The number of hydrogen-bond donors (Lipinski definition) is 1. The molecule has 0 aliphatic carbocycles. The number of ether oxygens (including phenoxy) is 1. The molecule has 7 nitrogen and oxygen atoms in total. The number of carbonyl (C=O) groups is 2. The molecule has 2 aromatic heterocycles. The number of nitrogens with one attached hydrogen (secondary N) is 1. The molecule has 0 aromatic carbocycles. The van der Waals surface area contributed by atoms with E-state index in [9.17, 15) is 18.8 Å². The van der Waals surface area contributed by atoms with Gasteiger partial charge in [0.05, 0.1) is 12.8 Å². The van der Waals surface area contributed by atoms with Gasteiger partial charge < -0.3 is 14.6 Å². The number of methoxy groups -OCH3 is 1. The van der Waals surface area contributed by atoms with Gasteiger partial charge in [-0.2, -0.15) is 0 Å². The van der Waals surface area contributed by atoms with Crippen molar-refractivity contribution < 1.29 is 18.7 Å². The third-order valence-electron chi connectivity index (χ3n) is 2.68. The molecule has 1 amide bonds. The molecule has 0 bridgehead atoms. The molecule has 1 N–H and O–H groups in total. The Hall–Kier alpha value is -2.55. The van der Waals surface area contributed by atoms with Crippen LogP contribution in [-0.4, -0.2) is 28.5 Å². The van der Waals surface area contributed by atoms with Gasteiger partial charge in [-0.3, -0.25) is 9.59 Å². The molecule has 0 fully saturated rings. The maximum atomic E-state index is 13.1. The summed E-state index contributed by atoms with van der Waals surface area (Å²) in [6, 6.07) is 2.05. The number of halogens is 1. The van der Waals surface area contributed by atoms with E-state index in [-0.39, 0.29) is 16.6 Å². The normalized spacial score (nSPS) is 10.3. The SMILES string of the molecule is COC(=O)c1sc(NC(=O)Cn2cc(F)ccc2=O)nc1C. The molecule has 0 unspecified atom stereocenters. The van der Waals surface area contributed by atoms with Crippen LogP contribution in [0.3, 0.4) is 0 Å². The van der Waals surface area contributed by atoms with Gasteiger partial charge >= 0.3 is 5.97 Å². The van der Waals surface area contributed by atoms with Gasteiger partial charge in [0.15, 0.2) is 5.13 Å². The fraction of sp³-hybridized carbons (Fsp3) is 0.231. The minimum Gasteiger partial charge on any atom is -0.465 e. The molecule has 0 saturated heterocycles. The zero-order valence-corrected chi connectivity index (χ0v) is 12.6. The fourth-order valence-electron chi connectivity index (χ4n) is 1.67. The maximum absolute atomic E-state index is 13.1. The summed E-state index contributed by atoms with van der Waals surface area (Å²) in [5.41, 5.74) is -0.0720. The summed E-state index contributed by atoms with van der Waals surface area (Å²) < 4.78 is 18.6. The van der Waals surface area contributed by atoms with Crippen LogP contribution in [0.5, 0.6) is 0 Å². The number of rotatable bonds is 4. The van der Waals surface area contributed by atoms with Gasteiger partial charge in [0.1, 0.15) is 17.2 Å². The minimum absolute atomic E-state index is 0.201. The first kappa shape index (κ1) is 15.8. The van der Waals surface area contributed by atoms with Gasteiger partial charge in [-0.1, -0.05) is 11.3 Å². The topological polar surface area (TPSA) is 90.3 Å². The van der Waals surface area contributed by atoms with E-state index in [1.807, 2.05) is 0 Å². The number of pyridine rings is 1. The third-order valence-corrected chi connectivity index (χ3v) is 3.73. The predicted octanol–water partition coefficient (Wildman–Crippen LogP) is 1.18. The van der Waals surface area contributed by atoms with E-state index in [2.05, 4.69) is 15.0 Å². The Labute approximate surface area is 128 Å². The van der Waals surface area contributed by atoms with Crippen LogP contribution in [0.25, 0.3) is 0 Å². The number of aryl methyl sites for hydroxylation is 1. The summed E-state index contributed by atoms with van der Waals surface area (Å²) in [5.74, 6) is -1.72. The predicted molar refractivity (Wildman–Crippen MR) is 77.5 cm³/mol. The summed E-state index contributed by atoms with van der Waals surface area (Å²) in [6.45, 7) is 1.25. The van der Waals surface area contributed by atoms with E-state index in [4.69, 9.17) is 0 Å². The number of esters is 1. The van der Waals surface area contributed by atoms with Crippen molar-refractivity contribution in [1.29, 1.82) is 0 Å². The van der Waals surface area contributed by atoms with Gasteiger partial charge in [0.2, 0.25) is 5.91 Å². The van der Waals surface area contributed by atoms with Gasteiger partial charge in [-0.15, -0.1) is 0 Å². The Morgan fingerprint density at radius 3 is 2.86 bits per heavy atom. The average molecular weight is 325 g/mol. The van der Waals surface area contributed by atoms with Crippen molar-refractivity contribution in [2.75, 3.05) is 12.4 Å². The van der Waals surface area contributed by atoms with E-state index in [0.717, 1.165) is 34.2 Å². The van der Waals surface area contributed by atoms with Crippen LogP contribution >= 0.6 is 11.3 Å². The van der Waals surface area contributed by atoms with Gasteiger partial charge in [0.25, 0.3) is 5.56 Å². The quantitative estimate of drug-likeness (QED) is 0.853. The van der Waals surface area contributed by atoms with Crippen LogP contribution in [0, 0.1) is 12.7 Å². The first-order valence-electron chi connectivity index (χ1n) is 6.12. The number of nitrogens with zero attached hydrogens (tertiary/aromatic N) is 2. The lowest BCUT2D eigenvalue weighted by atomic mass is 10.4. The monoisotopic (exact) mass is 325 g/mol. The zero-order chi connectivity index (χ0) is 16.3. The molecule has 0 radical (unpaired) electrons. The second-order valence-corrected chi connectivity index (χ2v) is 5.29. The Morgan fingerprint density at radius 2 is 2.18 bits per heavy atom. The molecule has 2 heterocycles. The summed E-state index contributed by atoms with van der Waals surface area (Å²) in [4.78, 5) is 39.1. The van der Waals surface area contributed by atoms with Gasteiger partial charge in [-0.25, -0.2) is 14.2 Å². The van der Waals surface area contributed by atoms with Crippen molar-refractivity contribution in [2.24, 2.45) is 0 Å². The molecular weight excluding hydrogens is 313 g/mol. The molecule has 2 rings (SSSR count). The molecule has 0 aliphatic heterocycles. The maximum Gasteiger partial charge on any atom is 0.350 e. The molecular formula is C13H12FN3O4S. The molecule has 22 heavy (non-hydrogen) atoms. The smallest absolute Gasteiger partial charge is 0.350 e. The van der Waals surface area contributed by atoms with E-state index in [1.165, 1.54) is 7.11 Å². The van der Waals surface area contributed by atoms with Crippen LogP contribution in [0.15, 0.2) is 23.1 Å². The number of hydrogen-bond acceptors (Lipinski definition) is 6. The lowest BCUT2D eigenvalue weighted by Gasteiger charge is -2.04. The number of amides is 1. The summed E-state index contributed by atoms with van der Waals surface area (Å²) in [5, 5.41) is 2.66. The summed E-state index contributed by atoms with van der Waals surface area (Å²) in [7, 11) is 1.25. The fourth-order valence-corrected chi connectivity index (χ4v) is 2.57. The molecule has 116 valence electrons. The molecule has 9 heteroatoms. The Kier molecular flexibility index (Phi) is 4.66. The average Bonchev–Trinajstić information content (AvgIpc) is 2.82. The zero-order valence-electron chi connectivity index (χ0n) is 11.8. The van der Waals surface area contributed by atoms with Crippen LogP contribution in [0.4, 0.5) is 9.52 Å². The van der Waals surface area contributed by atoms with Crippen molar-refractivity contribution >= 4 is 28.3 Å². The largest absolute Gasteiger partial charge is 0.465 e. The molecule has 2 aromatic rings. The van der Waals surface area contributed by atoms with E-state index >= 15 is 0 Å². The van der Waals surface area contributed by atoms with Crippen LogP contribution in [-0.2, 0) is 16.1 Å². The Morgan fingerprint density at radius 1 is 1.45 bits per heavy atom. The van der Waals surface area contributed by atoms with Crippen molar-refractivity contribution in [1.82, 2.24) is 9.55 Å². The second kappa shape index (κ2) is 6.48. The highest BCUT2D eigenvalue weighted by atomic mass is 32.1. The lowest BCUT2D eigenvalue weighted by Crippen LogP contribution is -2.27. The Bertz CT molecular complexity index is 784. The first-order chi connectivity index (χ1) is 10.4. The third kappa shape index (κ3) is 3.55. The van der Waals surface area contributed by atoms with E-state index in [1.54, 1.807) is 6.92 Å². The lowest BCUT2D eigenvalue weighted by molar-refractivity contribution is -0.116. The minimum atomic E-state index is -0.620. The van der Waals surface area contributed by atoms with Gasteiger partial charge in [-0.05, 0) is 13.0 Å². The number of carbonyl (C=O) groups excluding carboxylic acids is 2. The molecule has 0 saturated carbocycles. The van der Waals surface area contributed by atoms with Crippen LogP contribution in [0.2, 0.25) is 0 Å². The second-order valence-electron chi connectivity index (χ2n) is 4.29. The molecule has 0 spiro atoms. The Balaban J connectivity index is 2.11. The number of thiazole rings is 1. The first-order valence-corrected chi connectivity index (χ1v) is 6.94. The van der Waals surface area contributed by atoms with Crippen molar-refractivity contribution in [3.8, 4) is 0 Å². The van der Waals surface area contributed by atoms with Gasteiger partial charge in [0, 0.05) is 12.3 Å². The van der Waals surface area contributed by atoms with E-state index in [0.29, 0.717) is 5.69 Å². The van der Waals surface area contributed by atoms with E-state index < -0.39 is 23.3 Å². The highest BCUT2D eigenvalue weighted by molar-refractivity contribution is 7.17. The van der Waals surface area contributed by atoms with Crippen molar-refractivity contribution in [3.63, 3.8) is 0 Å². The molecule has 0 atom stereocenters.